The van der Waals surface area contributed by atoms with Gasteiger partial charge in [-0.25, -0.2) is 19.9 Å². The maximum absolute atomic E-state index is 5.33. The molecule has 6 aromatic carbocycles. The smallest absolute Gasteiger partial charge is 0.163 e. The molecule has 0 radical (unpaired) electrons. The molecule has 0 atom stereocenters. The van der Waals surface area contributed by atoms with E-state index in [9.17, 15) is 0 Å². The average molecular weight is 561 g/mol. The minimum Gasteiger partial charge on any atom is -0.247 e. The maximum Gasteiger partial charge on any atom is 0.163 e. The Hall–Kier alpha value is -6.00. The minimum absolute atomic E-state index is 0.696. The molecule has 4 heteroatoms. The lowest BCUT2D eigenvalue weighted by Crippen LogP contribution is -1.93. The summed E-state index contributed by atoms with van der Waals surface area (Å²) in [6.07, 6.45) is 3.35. The van der Waals surface area contributed by atoms with Crippen molar-refractivity contribution < 1.29 is 0 Å². The molecule has 0 aliphatic heterocycles. The van der Waals surface area contributed by atoms with E-state index in [2.05, 4.69) is 136 Å². The topological polar surface area (TPSA) is 51.6 Å². The fraction of sp³-hybridized carbons (Fsp3) is 0. The Kier molecular flexibility index (Phi) is 5.47. The van der Waals surface area contributed by atoms with Crippen molar-refractivity contribution in [3.05, 3.63) is 146 Å². The summed E-state index contributed by atoms with van der Waals surface area (Å²) < 4.78 is 0. The number of benzene rings is 6. The molecule has 0 bridgehead atoms. The number of aromatic nitrogens is 4. The molecule has 0 amide bonds. The van der Waals surface area contributed by atoms with Gasteiger partial charge in [0, 0.05) is 38.9 Å². The number of hydrogen-bond acceptors (Lipinski definition) is 4. The van der Waals surface area contributed by atoms with E-state index in [0.717, 1.165) is 55.0 Å². The lowest BCUT2D eigenvalue weighted by Gasteiger charge is -2.15. The van der Waals surface area contributed by atoms with Crippen molar-refractivity contribution in [2.45, 2.75) is 0 Å². The molecule has 0 unspecified atom stereocenters. The number of fused-ring (bicyclic) bond motifs is 6. The quantitative estimate of drug-likeness (QED) is 0.159. The van der Waals surface area contributed by atoms with Crippen molar-refractivity contribution in [1.82, 2.24) is 19.9 Å². The van der Waals surface area contributed by atoms with Gasteiger partial charge >= 0.3 is 0 Å². The fourth-order valence-corrected chi connectivity index (χ4v) is 6.55. The highest BCUT2D eigenvalue weighted by molar-refractivity contribution is 6.17. The molecule has 3 heterocycles. The van der Waals surface area contributed by atoms with Gasteiger partial charge in [0.1, 0.15) is 6.33 Å². The van der Waals surface area contributed by atoms with Crippen molar-refractivity contribution in [2.24, 2.45) is 0 Å². The standard InChI is InChI=1S/C40H24N4/c1-3-10-30-25(7-1)9-5-12-31(30)29-19-20-33-36(23-29)44-39-32-11-4-2-8-26(32)18-21-34(39)37(33)27-14-16-28(17-15-27)38-35-13-6-22-41-40(35)43-24-42-38/h1-24H. The average Bonchev–Trinajstić information content (AvgIpc) is 3.10. The predicted octanol–water partition coefficient (Wildman–Crippen LogP) is 10.0. The lowest BCUT2D eigenvalue weighted by molar-refractivity contribution is 1.18. The molecule has 0 aliphatic carbocycles. The molecular weight excluding hydrogens is 536 g/mol. The van der Waals surface area contributed by atoms with Crippen LogP contribution in [0.25, 0.3) is 87.9 Å². The first-order valence-electron chi connectivity index (χ1n) is 14.7. The molecule has 9 rings (SSSR count). The van der Waals surface area contributed by atoms with Crippen LogP contribution in [0.5, 0.6) is 0 Å². The molecule has 0 spiro atoms. The van der Waals surface area contributed by atoms with Crippen LogP contribution in [-0.2, 0) is 0 Å². The second-order valence-electron chi connectivity index (χ2n) is 11.1. The first-order valence-corrected chi connectivity index (χ1v) is 14.7. The Morgan fingerprint density at radius 1 is 0.432 bits per heavy atom. The Balaban J connectivity index is 1.29. The van der Waals surface area contributed by atoms with Gasteiger partial charge in [0.2, 0.25) is 0 Å². The molecule has 4 nitrogen and oxygen atoms in total. The lowest BCUT2D eigenvalue weighted by atomic mass is 9.91. The number of pyridine rings is 2. The summed E-state index contributed by atoms with van der Waals surface area (Å²) in [4.78, 5) is 18.7. The molecule has 0 saturated heterocycles. The second kappa shape index (κ2) is 9.79. The van der Waals surface area contributed by atoms with E-state index in [1.165, 1.54) is 27.3 Å². The first-order chi connectivity index (χ1) is 21.8. The Morgan fingerprint density at radius 3 is 2.02 bits per heavy atom. The van der Waals surface area contributed by atoms with Crippen molar-refractivity contribution >= 4 is 54.4 Å². The molecular formula is C40H24N4. The van der Waals surface area contributed by atoms with Crippen molar-refractivity contribution in [3.63, 3.8) is 0 Å². The van der Waals surface area contributed by atoms with Gasteiger partial charge in [-0.1, -0.05) is 115 Å². The van der Waals surface area contributed by atoms with Crippen LogP contribution >= 0.6 is 0 Å². The highest BCUT2D eigenvalue weighted by Crippen LogP contribution is 2.40. The molecule has 0 N–H and O–H groups in total. The molecule has 0 fully saturated rings. The molecule has 0 saturated carbocycles. The van der Waals surface area contributed by atoms with Gasteiger partial charge < -0.3 is 0 Å². The van der Waals surface area contributed by atoms with Gasteiger partial charge in [-0.15, -0.1) is 0 Å². The van der Waals surface area contributed by atoms with Crippen LogP contribution in [0.1, 0.15) is 0 Å². The minimum atomic E-state index is 0.696. The van der Waals surface area contributed by atoms with Crippen LogP contribution < -0.4 is 0 Å². The van der Waals surface area contributed by atoms with Gasteiger partial charge in [-0.2, -0.15) is 0 Å². The van der Waals surface area contributed by atoms with Gasteiger partial charge in [0.15, 0.2) is 5.65 Å². The summed E-state index contributed by atoms with van der Waals surface area (Å²) in [5.74, 6) is 0. The predicted molar refractivity (Wildman–Crippen MR) is 181 cm³/mol. The zero-order valence-corrected chi connectivity index (χ0v) is 23.6. The van der Waals surface area contributed by atoms with Crippen LogP contribution in [0.2, 0.25) is 0 Å². The van der Waals surface area contributed by atoms with Crippen molar-refractivity contribution in [2.75, 3.05) is 0 Å². The molecule has 9 aromatic rings. The van der Waals surface area contributed by atoms with Gasteiger partial charge in [-0.3, -0.25) is 0 Å². The Morgan fingerprint density at radius 2 is 1.14 bits per heavy atom. The summed E-state index contributed by atoms with van der Waals surface area (Å²) in [5, 5.41) is 8.01. The molecule has 204 valence electrons. The monoisotopic (exact) mass is 560 g/mol. The van der Waals surface area contributed by atoms with E-state index >= 15 is 0 Å². The fourth-order valence-electron chi connectivity index (χ4n) is 6.55. The highest BCUT2D eigenvalue weighted by atomic mass is 14.9. The van der Waals surface area contributed by atoms with Crippen LogP contribution in [0, 0.1) is 0 Å². The van der Waals surface area contributed by atoms with Gasteiger partial charge in [-0.05, 0) is 51.0 Å². The summed E-state index contributed by atoms with van der Waals surface area (Å²) in [5.41, 5.74) is 9.28. The van der Waals surface area contributed by atoms with Gasteiger partial charge in [0.25, 0.3) is 0 Å². The van der Waals surface area contributed by atoms with Crippen LogP contribution in [-0.4, -0.2) is 19.9 Å². The number of nitrogens with zero attached hydrogens (tertiary/aromatic N) is 4. The zero-order valence-electron chi connectivity index (χ0n) is 23.6. The van der Waals surface area contributed by atoms with Crippen molar-refractivity contribution in [1.29, 1.82) is 0 Å². The highest BCUT2D eigenvalue weighted by Gasteiger charge is 2.16. The largest absolute Gasteiger partial charge is 0.247 e. The third-order valence-corrected chi connectivity index (χ3v) is 8.63. The number of hydrogen-bond donors (Lipinski definition) is 0. The SMILES string of the molecule is c1ccc2c(-c3ccc4c(-c5ccc(-c6ncnc7ncccc67)cc5)c5ccc6ccccc6c5nc4c3)cccc2c1. The molecule has 3 aromatic heterocycles. The van der Waals surface area contributed by atoms with Gasteiger partial charge in [0.05, 0.1) is 16.7 Å². The Labute approximate surface area is 253 Å². The van der Waals surface area contributed by atoms with Crippen molar-refractivity contribution in [3.8, 4) is 33.5 Å². The van der Waals surface area contributed by atoms with Crippen LogP contribution in [0.4, 0.5) is 0 Å². The molecule has 44 heavy (non-hydrogen) atoms. The third-order valence-electron chi connectivity index (χ3n) is 8.63. The van der Waals surface area contributed by atoms with E-state index in [4.69, 9.17) is 4.98 Å². The van der Waals surface area contributed by atoms with Crippen LogP contribution in [0.3, 0.4) is 0 Å². The maximum atomic E-state index is 5.33. The summed E-state index contributed by atoms with van der Waals surface area (Å²) >= 11 is 0. The zero-order chi connectivity index (χ0) is 29.0. The normalized spacial score (nSPS) is 11.6. The summed E-state index contributed by atoms with van der Waals surface area (Å²) in [6, 6.07) is 47.3. The Bertz CT molecular complexity index is 2540. The van der Waals surface area contributed by atoms with E-state index < -0.39 is 0 Å². The van der Waals surface area contributed by atoms with E-state index in [1.54, 1.807) is 12.5 Å². The number of rotatable bonds is 3. The van der Waals surface area contributed by atoms with E-state index in [0.29, 0.717) is 5.65 Å². The molecule has 0 aliphatic rings. The summed E-state index contributed by atoms with van der Waals surface area (Å²) in [6.45, 7) is 0. The van der Waals surface area contributed by atoms with Crippen LogP contribution in [0.15, 0.2) is 146 Å². The third kappa shape index (κ3) is 3.85. The van der Waals surface area contributed by atoms with E-state index in [-0.39, 0.29) is 0 Å². The summed E-state index contributed by atoms with van der Waals surface area (Å²) in [7, 11) is 0. The second-order valence-corrected chi connectivity index (χ2v) is 11.1. The van der Waals surface area contributed by atoms with E-state index in [1.807, 2.05) is 12.1 Å². The first kappa shape index (κ1) is 24.6.